The molecule has 1 rings (SSSR count). The molecule has 0 radical (unpaired) electrons. The molecular weight excluding hydrogens is 388 g/mol. The summed E-state index contributed by atoms with van der Waals surface area (Å²) in [5.41, 5.74) is 3.89. The van der Waals surface area contributed by atoms with Crippen molar-refractivity contribution in [1.29, 1.82) is 0 Å². The van der Waals surface area contributed by atoms with Crippen LogP contribution < -0.4 is 11.1 Å². The number of allylic oxidation sites excluding steroid dienone is 2. The molecule has 0 aromatic heterocycles. The maximum Gasteiger partial charge on any atom is 0.417 e. The minimum atomic E-state index is -4.65. The normalized spacial score (nSPS) is 12.9. The first-order valence-corrected chi connectivity index (χ1v) is 7.48. The second-order valence-electron chi connectivity index (χ2n) is 4.49. The van der Waals surface area contributed by atoms with Gasteiger partial charge in [-0.2, -0.15) is 13.2 Å². The van der Waals surface area contributed by atoms with Gasteiger partial charge in [-0.05, 0) is 23.8 Å². The Morgan fingerprint density at radius 2 is 1.83 bits per heavy atom. The first-order valence-electron chi connectivity index (χ1n) is 6.34. The van der Waals surface area contributed by atoms with Crippen LogP contribution in [0.3, 0.4) is 0 Å². The van der Waals surface area contributed by atoms with E-state index >= 15 is 0 Å². The van der Waals surface area contributed by atoms with Gasteiger partial charge in [0.25, 0.3) is 5.91 Å². The van der Waals surface area contributed by atoms with Gasteiger partial charge < -0.3 is 11.1 Å². The summed E-state index contributed by atoms with van der Waals surface area (Å²) in [6.07, 6.45) is -3.64. The number of rotatable bonds is 5. The molecule has 0 bridgehead atoms. The second-order valence-corrected chi connectivity index (χ2v) is 5.72. The summed E-state index contributed by atoms with van der Waals surface area (Å²) in [7, 11) is 0. The third-order valence-electron chi connectivity index (χ3n) is 2.78. The summed E-state index contributed by atoms with van der Waals surface area (Å²) in [6, 6.07) is 4.52. The summed E-state index contributed by atoms with van der Waals surface area (Å²) in [5, 5.41) is 2.40. The van der Waals surface area contributed by atoms with E-state index in [1.807, 2.05) is 0 Å². The van der Waals surface area contributed by atoms with Gasteiger partial charge in [0.2, 0.25) is 0 Å². The van der Waals surface area contributed by atoms with E-state index in [0.29, 0.717) is 12.3 Å². The molecule has 0 saturated heterocycles. The lowest BCUT2D eigenvalue weighted by Crippen LogP contribution is -2.26. The van der Waals surface area contributed by atoms with Crippen molar-refractivity contribution >= 4 is 40.7 Å². The average Bonchev–Trinajstić information content (AvgIpc) is 2.48. The zero-order chi connectivity index (χ0) is 18.5. The van der Waals surface area contributed by atoms with Crippen LogP contribution in [-0.2, 0) is 0 Å². The van der Waals surface area contributed by atoms with E-state index in [1.54, 1.807) is 6.07 Å². The van der Waals surface area contributed by atoms with E-state index in [4.69, 9.17) is 40.5 Å². The summed E-state index contributed by atoms with van der Waals surface area (Å²) in [6.45, 7) is 3.32. The quantitative estimate of drug-likeness (QED) is 0.698. The van der Waals surface area contributed by atoms with Crippen LogP contribution in [0.1, 0.15) is 10.4 Å². The predicted molar refractivity (Wildman–Crippen MR) is 90.2 cm³/mol. The van der Waals surface area contributed by atoms with Crippen LogP contribution in [0.5, 0.6) is 0 Å². The summed E-state index contributed by atoms with van der Waals surface area (Å²) >= 11 is 17.5. The minimum absolute atomic E-state index is 0.0477. The summed E-state index contributed by atoms with van der Waals surface area (Å²) in [5.74, 6) is -0.610. The molecule has 1 aromatic carbocycles. The molecule has 0 saturated carbocycles. The first-order chi connectivity index (χ1) is 11.1. The van der Waals surface area contributed by atoms with Crippen molar-refractivity contribution < 1.29 is 18.0 Å². The van der Waals surface area contributed by atoms with E-state index in [1.165, 1.54) is 12.1 Å². The highest BCUT2D eigenvalue weighted by molar-refractivity contribution is 6.39. The molecule has 1 amide bonds. The Labute approximate surface area is 151 Å². The predicted octanol–water partition coefficient (Wildman–Crippen LogP) is 4.81. The van der Waals surface area contributed by atoms with Crippen molar-refractivity contribution in [2.45, 2.75) is 6.18 Å². The van der Waals surface area contributed by atoms with Gasteiger partial charge in [0.05, 0.1) is 21.2 Å². The molecule has 3 nitrogen and oxygen atoms in total. The smallest absolute Gasteiger partial charge is 0.404 e. The largest absolute Gasteiger partial charge is 0.417 e. The number of nitrogens with two attached hydrogens (primary N) is 1. The number of carbonyl (C=O) groups excluding carboxylic acids is 1. The highest BCUT2D eigenvalue weighted by Gasteiger charge is 2.32. The highest BCUT2D eigenvalue weighted by atomic mass is 35.5. The number of hydrogen-bond donors (Lipinski definition) is 2. The molecule has 24 heavy (non-hydrogen) atoms. The molecule has 0 heterocycles. The van der Waals surface area contributed by atoms with Gasteiger partial charge in [0.1, 0.15) is 0 Å². The number of carbonyl (C=O) groups is 1. The van der Waals surface area contributed by atoms with E-state index in [0.717, 1.165) is 0 Å². The lowest BCUT2D eigenvalue weighted by molar-refractivity contribution is -0.0883. The molecule has 0 atom stereocenters. The van der Waals surface area contributed by atoms with E-state index in [9.17, 15) is 18.0 Å². The van der Waals surface area contributed by atoms with Gasteiger partial charge in [-0.15, -0.1) is 0 Å². The lowest BCUT2D eigenvalue weighted by atomic mass is 10.1. The van der Waals surface area contributed by atoms with Crippen molar-refractivity contribution in [3.63, 3.8) is 0 Å². The van der Waals surface area contributed by atoms with Crippen molar-refractivity contribution in [2.75, 3.05) is 6.54 Å². The third-order valence-corrected chi connectivity index (χ3v) is 3.79. The Morgan fingerprint density at radius 3 is 2.29 bits per heavy atom. The molecule has 3 N–H and O–H groups in total. The van der Waals surface area contributed by atoms with E-state index in [-0.39, 0.29) is 32.8 Å². The number of amides is 1. The van der Waals surface area contributed by atoms with E-state index in [2.05, 4.69) is 11.9 Å². The topological polar surface area (TPSA) is 55.1 Å². The SMILES string of the molecule is C=C(CNC(=O)c1c(Cl)cccc1Cl)/C(Cl)=C\C(=CN)C(F)(F)F. The van der Waals surface area contributed by atoms with Gasteiger partial charge >= 0.3 is 6.18 Å². The molecule has 130 valence electrons. The van der Waals surface area contributed by atoms with Crippen molar-refractivity contribution in [3.05, 3.63) is 68.8 Å². The molecule has 0 aliphatic carbocycles. The standard InChI is InChI=1S/C15H12Cl3F3N2O/c1-8(12(18)5-9(6-22)15(19,20)21)7-23-14(24)13-10(16)3-2-4-11(13)17/h2-6H,1,7,22H2,(H,23,24)/b9-6?,12-5+. The Kier molecular flexibility index (Phi) is 7.20. The van der Waals surface area contributed by atoms with E-state index < -0.39 is 17.7 Å². The summed E-state index contributed by atoms with van der Waals surface area (Å²) < 4.78 is 37.8. The average molecular weight is 400 g/mol. The van der Waals surface area contributed by atoms with Gasteiger partial charge in [-0.25, -0.2) is 0 Å². The Morgan fingerprint density at radius 1 is 1.29 bits per heavy atom. The maximum atomic E-state index is 12.6. The molecule has 0 spiro atoms. The van der Waals surface area contributed by atoms with Crippen LogP contribution in [-0.4, -0.2) is 18.6 Å². The third kappa shape index (κ3) is 5.47. The lowest BCUT2D eigenvalue weighted by Gasteiger charge is -2.11. The zero-order valence-electron chi connectivity index (χ0n) is 12.1. The number of halogens is 6. The zero-order valence-corrected chi connectivity index (χ0v) is 14.3. The fraction of sp³-hybridized carbons (Fsp3) is 0.133. The molecule has 0 aliphatic heterocycles. The fourth-order valence-electron chi connectivity index (χ4n) is 1.54. The van der Waals surface area contributed by atoms with Crippen LogP contribution in [0.4, 0.5) is 13.2 Å². The van der Waals surface area contributed by atoms with Gasteiger partial charge in [0, 0.05) is 17.8 Å². The Bertz CT molecular complexity index is 692. The Hall–Kier alpha value is -1.63. The van der Waals surface area contributed by atoms with Crippen LogP contribution >= 0.6 is 34.8 Å². The van der Waals surface area contributed by atoms with Crippen molar-refractivity contribution in [1.82, 2.24) is 5.32 Å². The van der Waals surface area contributed by atoms with Crippen LogP contribution in [0.2, 0.25) is 10.0 Å². The summed E-state index contributed by atoms with van der Waals surface area (Å²) in [4.78, 5) is 12.1. The first kappa shape index (κ1) is 20.4. The molecule has 9 heteroatoms. The molecule has 0 fully saturated rings. The number of hydrogen-bond acceptors (Lipinski definition) is 2. The minimum Gasteiger partial charge on any atom is -0.404 e. The number of nitrogens with one attached hydrogen (secondary N) is 1. The Balaban J connectivity index is 2.81. The molecular formula is C15H12Cl3F3N2O. The van der Waals surface area contributed by atoms with Gasteiger partial charge in [0.15, 0.2) is 0 Å². The van der Waals surface area contributed by atoms with Crippen LogP contribution in [0.15, 0.2) is 53.2 Å². The van der Waals surface area contributed by atoms with Crippen LogP contribution in [0, 0.1) is 0 Å². The second kappa shape index (κ2) is 8.46. The number of benzene rings is 1. The molecule has 0 unspecified atom stereocenters. The van der Waals surface area contributed by atoms with Crippen molar-refractivity contribution in [2.24, 2.45) is 5.73 Å². The fourth-order valence-corrected chi connectivity index (χ4v) is 2.29. The maximum absolute atomic E-state index is 12.6. The number of alkyl halides is 3. The molecule has 0 aliphatic rings. The monoisotopic (exact) mass is 398 g/mol. The van der Waals surface area contributed by atoms with Crippen LogP contribution in [0.25, 0.3) is 0 Å². The molecule has 1 aromatic rings. The van der Waals surface area contributed by atoms with Crippen molar-refractivity contribution in [3.8, 4) is 0 Å². The highest BCUT2D eigenvalue weighted by Crippen LogP contribution is 2.29. The van der Waals surface area contributed by atoms with Gasteiger partial charge in [-0.3, -0.25) is 4.79 Å². The van der Waals surface area contributed by atoms with Gasteiger partial charge in [-0.1, -0.05) is 47.4 Å².